The quantitative estimate of drug-likeness (QED) is 0.824. The van der Waals surface area contributed by atoms with E-state index in [-0.39, 0.29) is 11.5 Å². The number of β-amino-alcohol motifs (C(OH)–C–C–N with tert-alkyl or cyclic N) is 1. The number of hydrogen-bond donors (Lipinski definition) is 1. The van der Waals surface area contributed by atoms with Gasteiger partial charge in [-0.1, -0.05) is 0 Å². The van der Waals surface area contributed by atoms with Crippen molar-refractivity contribution in [1.82, 2.24) is 19.6 Å². The van der Waals surface area contributed by atoms with Crippen LogP contribution in [0.3, 0.4) is 0 Å². The minimum Gasteiger partial charge on any atom is -0.387 e. The van der Waals surface area contributed by atoms with Gasteiger partial charge in [-0.3, -0.25) is 14.5 Å². The number of rotatable bonds is 5. The van der Waals surface area contributed by atoms with E-state index in [0.717, 1.165) is 38.2 Å². The van der Waals surface area contributed by atoms with Gasteiger partial charge in [-0.05, 0) is 31.7 Å². The van der Waals surface area contributed by atoms with Gasteiger partial charge in [0.25, 0.3) is 5.56 Å². The van der Waals surface area contributed by atoms with Gasteiger partial charge in [-0.2, -0.15) is 5.10 Å². The molecular formula is C19H28N4O3. The minimum atomic E-state index is -0.810. The van der Waals surface area contributed by atoms with E-state index in [9.17, 15) is 14.7 Å². The molecule has 0 aromatic carbocycles. The van der Waals surface area contributed by atoms with Crippen molar-refractivity contribution >= 4 is 5.91 Å². The van der Waals surface area contributed by atoms with E-state index in [1.165, 1.54) is 12.8 Å². The Labute approximate surface area is 153 Å². The Morgan fingerprint density at radius 1 is 1.35 bits per heavy atom. The number of nitrogens with zero attached hydrogens (tertiary/aromatic N) is 4. The van der Waals surface area contributed by atoms with E-state index in [0.29, 0.717) is 31.5 Å². The molecule has 3 fully saturated rings. The number of piperidine rings is 1. The van der Waals surface area contributed by atoms with Crippen molar-refractivity contribution in [1.29, 1.82) is 0 Å². The van der Waals surface area contributed by atoms with Crippen LogP contribution in [0.4, 0.5) is 0 Å². The first kappa shape index (κ1) is 17.7. The summed E-state index contributed by atoms with van der Waals surface area (Å²) in [4.78, 5) is 27.6. The number of aliphatic hydroxyl groups is 1. The molecule has 1 aromatic rings. The SMILES string of the molecule is CC(=O)N1CCCC(O)(CN2CC(Cn3nc(C4CC4)ccc3=O)C2)C1. The normalized spacial score (nSPS) is 27.4. The highest BCUT2D eigenvalue weighted by atomic mass is 16.3. The molecule has 1 N–H and O–H groups in total. The van der Waals surface area contributed by atoms with E-state index >= 15 is 0 Å². The van der Waals surface area contributed by atoms with E-state index in [1.807, 2.05) is 6.07 Å². The lowest BCUT2D eigenvalue weighted by molar-refractivity contribution is -0.138. The maximum atomic E-state index is 12.0. The maximum absolute atomic E-state index is 12.0. The number of carbonyl (C=O) groups is 1. The molecule has 1 amide bonds. The van der Waals surface area contributed by atoms with E-state index in [4.69, 9.17) is 0 Å². The van der Waals surface area contributed by atoms with Crippen molar-refractivity contribution in [2.45, 2.75) is 50.7 Å². The molecule has 3 heterocycles. The molecule has 7 heteroatoms. The Bertz CT molecular complexity index is 739. The lowest BCUT2D eigenvalue weighted by Crippen LogP contribution is -2.60. The molecular weight excluding hydrogens is 332 g/mol. The van der Waals surface area contributed by atoms with Gasteiger partial charge in [-0.15, -0.1) is 0 Å². The molecule has 1 saturated carbocycles. The lowest BCUT2D eigenvalue weighted by Gasteiger charge is -2.46. The van der Waals surface area contributed by atoms with Crippen LogP contribution in [0.15, 0.2) is 16.9 Å². The van der Waals surface area contributed by atoms with Crippen LogP contribution in [-0.4, -0.2) is 68.9 Å². The summed E-state index contributed by atoms with van der Waals surface area (Å²) in [6, 6.07) is 3.50. The fourth-order valence-electron chi connectivity index (χ4n) is 4.28. The van der Waals surface area contributed by atoms with Crippen LogP contribution in [0.2, 0.25) is 0 Å². The van der Waals surface area contributed by atoms with Gasteiger partial charge >= 0.3 is 0 Å². The van der Waals surface area contributed by atoms with Gasteiger partial charge in [0.15, 0.2) is 0 Å². The number of carbonyl (C=O) groups excluding carboxylic acids is 1. The summed E-state index contributed by atoms with van der Waals surface area (Å²) < 4.78 is 1.61. The van der Waals surface area contributed by atoms with E-state index < -0.39 is 5.60 Å². The third-order valence-electron chi connectivity index (χ3n) is 5.87. The molecule has 26 heavy (non-hydrogen) atoms. The van der Waals surface area contributed by atoms with E-state index in [1.54, 1.807) is 22.6 Å². The van der Waals surface area contributed by atoms with Crippen LogP contribution in [0.5, 0.6) is 0 Å². The lowest BCUT2D eigenvalue weighted by atomic mass is 9.89. The molecule has 3 aliphatic rings. The van der Waals surface area contributed by atoms with Crippen molar-refractivity contribution < 1.29 is 9.90 Å². The first-order valence-electron chi connectivity index (χ1n) is 9.70. The largest absolute Gasteiger partial charge is 0.387 e. The Morgan fingerprint density at radius 2 is 2.12 bits per heavy atom. The topological polar surface area (TPSA) is 78.7 Å². The molecule has 7 nitrogen and oxygen atoms in total. The molecule has 0 radical (unpaired) electrons. The number of hydrogen-bond acceptors (Lipinski definition) is 5. The van der Waals surface area contributed by atoms with Crippen molar-refractivity contribution in [3.8, 4) is 0 Å². The van der Waals surface area contributed by atoms with Crippen LogP contribution in [0.1, 0.15) is 44.2 Å². The molecule has 1 atom stereocenters. The van der Waals surface area contributed by atoms with E-state index in [2.05, 4.69) is 10.00 Å². The monoisotopic (exact) mass is 360 g/mol. The molecule has 142 valence electrons. The number of likely N-dealkylation sites (tertiary alicyclic amines) is 2. The molecule has 2 saturated heterocycles. The summed E-state index contributed by atoms with van der Waals surface area (Å²) in [7, 11) is 0. The standard InChI is InChI=1S/C19H28N4O3/c1-14(24)22-8-2-7-19(26,13-22)12-21-9-15(10-21)11-23-18(25)6-5-17(20-23)16-3-4-16/h5-6,15-16,26H,2-4,7-13H2,1H3. The van der Waals surface area contributed by atoms with Gasteiger partial charge < -0.3 is 10.0 Å². The molecule has 4 rings (SSSR count). The smallest absolute Gasteiger partial charge is 0.266 e. The number of amides is 1. The summed E-state index contributed by atoms with van der Waals surface area (Å²) in [6.45, 7) is 5.70. The van der Waals surface area contributed by atoms with Gasteiger partial charge in [-0.25, -0.2) is 4.68 Å². The maximum Gasteiger partial charge on any atom is 0.266 e. The molecule has 0 spiro atoms. The van der Waals surface area contributed by atoms with Crippen LogP contribution < -0.4 is 5.56 Å². The van der Waals surface area contributed by atoms with Gasteiger partial charge in [0.1, 0.15) is 0 Å². The Balaban J connectivity index is 1.30. The predicted molar refractivity (Wildman–Crippen MR) is 96.8 cm³/mol. The second-order valence-electron chi connectivity index (χ2n) is 8.38. The Hall–Kier alpha value is -1.73. The summed E-state index contributed by atoms with van der Waals surface area (Å²) in [6.07, 6.45) is 3.94. The van der Waals surface area contributed by atoms with Crippen molar-refractivity contribution in [3.05, 3.63) is 28.2 Å². The van der Waals surface area contributed by atoms with Crippen LogP contribution in [0.25, 0.3) is 0 Å². The van der Waals surface area contributed by atoms with Crippen LogP contribution in [0, 0.1) is 5.92 Å². The number of aromatic nitrogens is 2. The highest BCUT2D eigenvalue weighted by molar-refractivity contribution is 5.73. The van der Waals surface area contributed by atoms with Gasteiger partial charge in [0.2, 0.25) is 5.91 Å². The molecule has 1 aromatic heterocycles. The van der Waals surface area contributed by atoms with Gasteiger partial charge in [0, 0.05) is 51.0 Å². The third-order valence-corrected chi connectivity index (χ3v) is 5.87. The first-order chi connectivity index (χ1) is 12.4. The predicted octanol–water partition coefficient (Wildman–Crippen LogP) is 0.426. The average Bonchev–Trinajstić information content (AvgIpc) is 3.39. The Morgan fingerprint density at radius 3 is 2.81 bits per heavy atom. The van der Waals surface area contributed by atoms with Crippen LogP contribution >= 0.6 is 0 Å². The first-order valence-corrected chi connectivity index (χ1v) is 9.70. The Kier molecular flexibility index (Phi) is 4.61. The summed E-state index contributed by atoms with van der Waals surface area (Å²) in [5, 5.41) is 15.4. The van der Waals surface area contributed by atoms with Crippen molar-refractivity contribution in [2.24, 2.45) is 5.92 Å². The zero-order valence-corrected chi connectivity index (χ0v) is 15.4. The van der Waals surface area contributed by atoms with Gasteiger partial charge in [0.05, 0.1) is 24.4 Å². The summed E-state index contributed by atoms with van der Waals surface area (Å²) in [5.41, 5.74) is 0.202. The highest BCUT2D eigenvalue weighted by Crippen LogP contribution is 2.38. The molecule has 1 aliphatic carbocycles. The average molecular weight is 360 g/mol. The second kappa shape index (κ2) is 6.78. The fraction of sp³-hybridized carbons (Fsp3) is 0.737. The molecule has 0 bridgehead atoms. The highest BCUT2D eigenvalue weighted by Gasteiger charge is 2.39. The fourth-order valence-corrected chi connectivity index (χ4v) is 4.28. The molecule has 2 aliphatic heterocycles. The third kappa shape index (κ3) is 3.83. The minimum absolute atomic E-state index is 0.0316. The summed E-state index contributed by atoms with van der Waals surface area (Å²) in [5.74, 6) is 0.973. The zero-order valence-electron chi connectivity index (χ0n) is 15.4. The van der Waals surface area contributed by atoms with Crippen molar-refractivity contribution in [2.75, 3.05) is 32.7 Å². The van der Waals surface area contributed by atoms with Crippen molar-refractivity contribution in [3.63, 3.8) is 0 Å². The van der Waals surface area contributed by atoms with Crippen LogP contribution in [-0.2, 0) is 11.3 Å². The zero-order chi connectivity index (χ0) is 18.3. The molecule has 1 unspecified atom stereocenters. The second-order valence-corrected chi connectivity index (χ2v) is 8.38. The summed E-state index contributed by atoms with van der Waals surface area (Å²) >= 11 is 0.